The van der Waals surface area contributed by atoms with Crippen molar-refractivity contribution in [3.8, 4) is 0 Å². The third kappa shape index (κ3) is 22.6. The first-order chi connectivity index (χ1) is 41.5. The van der Waals surface area contributed by atoms with Gasteiger partial charge >= 0.3 is 5.97 Å². The summed E-state index contributed by atoms with van der Waals surface area (Å²) < 4.78 is 5.38. The fraction of sp³-hybridized carbons (Fsp3) is 0.785. The van der Waals surface area contributed by atoms with Crippen molar-refractivity contribution in [3.63, 3.8) is 0 Å². The molecule has 0 radical (unpaired) electrons. The molecule has 0 aliphatic carbocycles. The summed E-state index contributed by atoms with van der Waals surface area (Å²) in [6.07, 6.45) is 2.58. The van der Waals surface area contributed by atoms with E-state index in [1.807, 2.05) is 55.4 Å². The van der Waals surface area contributed by atoms with E-state index in [2.05, 4.69) is 21.3 Å². The van der Waals surface area contributed by atoms with Crippen LogP contribution in [-0.4, -0.2) is 239 Å². The molecule has 25 heteroatoms. The van der Waals surface area contributed by atoms with E-state index in [4.69, 9.17) is 4.74 Å². The summed E-state index contributed by atoms with van der Waals surface area (Å²) in [5.41, 5.74) is 0. The highest BCUT2D eigenvalue weighted by Gasteiger charge is 2.46. The maximum atomic E-state index is 15.3. The van der Waals surface area contributed by atoms with Crippen molar-refractivity contribution < 1.29 is 67.4 Å². The average molecular weight is 1270 g/mol. The Bertz CT molecular complexity index is 2500. The smallest absolute Gasteiger partial charge is 0.302 e. The maximum absolute atomic E-state index is 15.3. The number of aliphatic hydroxyl groups is 1. The lowest BCUT2D eigenvalue weighted by molar-refractivity contribution is -0.158. The normalized spacial score (nSPS) is 26.8. The number of carbonyl (C=O) groups is 12. The summed E-state index contributed by atoms with van der Waals surface area (Å²) >= 11 is 0. The number of amides is 11. The van der Waals surface area contributed by atoms with Crippen molar-refractivity contribution in [3.05, 3.63) is 12.2 Å². The molecule has 0 aromatic heterocycles. The monoisotopic (exact) mass is 1270 g/mol. The van der Waals surface area contributed by atoms with Gasteiger partial charge in [-0.3, -0.25) is 57.5 Å². The number of allylic oxidation sites excluding steroid dienone is 2. The van der Waals surface area contributed by atoms with Crippen LogP contribution in [0.4, 0.5) is 0 Å². The zero-order chi connectivity index (χ0) is 69.8. The fourth-order valence-electron chi connectivity index (χ4n) is 11.2. The Hall–Kier alpha value is -6.66. The minimum atomic E-state index is -1.69. The van der Waals surface area contributed by atoms with E-state index in [9.17, 15) is 43.5 Å². The fourth-order valence-corrected chi connectivity index (χ4v) is 11.2. The van der Waals surface area contributed by atoms with Crippen LogP contribution in [0.5, 0.6) is 0 Å². The van der Waals surface area contributed by atoms with Gasteiger partial charge in [-0.25, -0.2) is 0 Å². The average Bonchev–Trinajstić information content (AvgIpc) is 1.07. The third-order valence-electron chi connectivity index (χ3n) is 16.8. The Balaban J connectivity index is 4.51. The predicted molar refractivity (Wildman–Crippen MR) is 344 cm³/mol. The number of aliphatic hydroxyl groups excluding tert-OH is 1. The first-order valence-corrected chi connectivity index (χ1v) is 32.0. The second kappa shape index (κ2) is 37.0. The predicted octanol–water partition coefficient (Wildman–Crippen LogP) is 3.20. The Kier molecular flexibility index (Phi) is 33.4. The van der Waals surface area contributed by atoms with Gasteiger partial charge < -0.3 is 65.4 Å². The van der Waals surface area contributed by atoms with Crippen molar-refractivity contribution in [2.45, 2.75) is 236 Å². The summed E-state index contributed by atoms with van der Waals surface area (Å²) in [5.74, 6) is -11.6. The molecule has 1 saturated heterocycles. The van der Waals surface area contributed by atoms with E-state index in [1.54, 1.807) is 60.6 Å². The van der Waals surface area contributed by atoms with Gasteiger partial charge in [0.05, 0.1) is 6.10 Å². The van der Waals surface area contributed by atoms with Crippen LogP contribution < -0.4 is 21.3 Å². The number of carbonyl (C=O) groups excluding carboxylic acids is 12. The van der Waals surface area contributed by atoms with Crippen LogP contribution in [0.1, 0.15) is 163 Å². The van der Waals surface area contributed by atoms with E-state index in [1.165, 1.54) is 82.8 Å². The largest absolute Gasteiger partial charge is 0.463 e. The zero-order valence-electron chi connectivity index (χ0n) is 59.0. The van der Waals surface area contributed by atoms with Crippen LogP contribution >= 0.6 is 0 Å². The maximum Gasteiger partial charge on any atom is 0.302 e. The summed E-state index contributed by atoms with van der Waals surface area (Å²) in [6.45, 7) is 29.9. The molecule has 0 unspecified atom stereocenters. The molecule has 5 N–H and O–H groups in total. The molecular weight excluding hydrogens is 1160 g/mol. The summed E-state index contributed by atoms with van der Waals surface area (Å²) in [7, 11) is 9.62. The highest BCUT2D eigenvalue weighted by Crippen LogP contribution is 2.26. The second-order valence-electron chi connectivity index (χ2n) is 27.1. The first-order valence-electron chi connectivity index (χ1n) is 32.0. The lowest BCUT2D eigenvalue weighted by Crippen LogP contribution is -2.64. The van der Waals surface area contributed by atoms with Gasteiger partial charge in [0.2, 0.25) is 65.0 Å². The van der Waals surface area contributed by atoms with E-state index in [-0.39, 0.29) is 62.2 Å². The van der Waals surface area contributed by atoms with Gasteiger partial charge in [0.15, 0.2) is 0 Å². The Morgan fingerprint density at radius 1 is 0.467 bits per heavy atom. The zero-order valence-corrected chi connectivity index (χ0v) is 59.0. The van der Waals surface area contributed by atoms with Gasteiger partial charge in [-0.2, -0.15) is 0 Å². The quantitative estimate of drug-likeness (QED) is 0.103. The number of hydrogen-bond acceptors (Lipinski definition) is 14. The molecule has 1 rings (SSSR count). The number of hydrogen-bond donors (Lipinski definition) is 5. The Labute approximate surface area is 537 Å². The van der Waals surface area contributed by atoms with Gasteiger partial charge in [0.1, 0.15) is 73.1 Å². The molecule has 1 fully saturated rings. The molecule has 514 valence electrons. The molecule has 0 aromatic rings. The summed E-state index contributed by atoms with van der Waals surface area (Å²) in [5, 5.41) is 23.1. The van der Waals surface area contributed by atoms with E-state index < -0.39 is 168 Å². The SMILES string of the molecule is C/C=C/C[C@@H](C)[C@@H](O)[C@H]1C(=O)N[C@@H](CC)C(=O)N(C)[C@H](COC(C)=O)C(=O)N(C)[C@@H](CC(C)C)C(=O)N[C@@H](C(C)C)C(=O)N(C)[C@@H](CC(C)C)C(=O)N[C@@H](C)C(=O)N[C@H](C)C(=O)N(C)[C@@H](CC(C)C)C(=O)N(C)[C@@H](CC(C)C)C(=O)N(C)[C@@H](C(C)C)C(=O)N1C. The molecule has 0 bridgehead atoms. The number of ether oxygens (including phenoxy) is 1. The Morgan fingerprint density at radius 3 is 1.29 bits per heavy atom. The highest BCUT2D eigenvalue weighted by molar-refractivity contribution is 6.00. The summed E-state index contributed by atoms with van der Waals surface area (Å²) in [4.78, 5) is 183. The van der Waals surface area contributed by atoms with Gasteiger partial charge in [-0.15, -0.1) is 0 Å². The molecule has 25 nitrogen and oxygen atoms in total. The number of esters is 1. The lowest BCUT2D eigenvalue weighted by atomic mass is 9.91. The molecular formula is C65H115N11O14. The minimum absolute atomic E-state index is 0.0452. The molecule has 0 saturated carbocycles. The van der Waals surface area contributed by atoms with Crippen molar-refractivity contribution in [1.29, 1.82) is 0 Å². The van der Waals surface area contributed by atoms with Gasteiger partial charge in [-0.1, -0.05) is 109 Å². The van der Waals surface area contributed by atoms with Crippen LogP contribution in [0.25, 0.3) is 0 Å². The van der Waals surface area contributed by atoms with Gasteiger partial charge in [0, 0.05) is 56.3 Å². The molecule has 1 aliphatic heterocycles. The standard InChI is InChI=1S/C65H115N11O14/c1-26-28-29-41(15)54(78)53-58(82)68-45(27-2)60(84)74(23)50(34-90-44(18)77)63(87)70(19)47(31-36(5)6)57(81)69-51(39(11)12)64(88)71(20)46(30-35(3)4)56(80)66-42(16)55(79)67-43(17)59(83)72(21)48(32-37(7)8)61(85)73(22)49(33-38(9)10)62(86)75(24)52(40(13)14)65(89)76(53)25/h26,28,35-43,45-54,78H,27,29-34H2,1-25H3,(H,66,80)(H,67,79)(H,68,82)(H,69,81)/b28-26+/t41-,42+,43-,45+,46+,47+,48+,49+,50-,51+,52+,53+,54-/m1/s1. The van der Waals surface area contributed by atoms with Crippen LogP contribution in [0.15, 0.2) is 12.2 Å². The molecule has 0 spiro atoms. The van der Waals surface area contributed by atoms with Crippen molar-refractivity contribution in [1.82, 2.24) is 55.6 Å². The van der Waals surface area contributed by atoms with E-state index in [0.29, 0.717) is 0 Å². The third-order valence-corrected chi connectivity index (χ3v) is 16.8. The minimum Gasteiger partial charge on any atom is -0.463 e. The van der Waals surface area contributed by atoms with E-state index in [0.717, 1.165) is 21.6 Å². The van der Waals surface area contributed by atoms with Gasteiger partial charge in [-0.05, 0) is 101 Å². The van der Waals surface area contributed by atoms with Crippen LogP contribution in [0.3, 0.4) is 0 Å². The molecule has 1 heterocycles. The first kappa shape index (κ1) is 81.4. The topological polar surface area (TPSA) is 305 Å². The van der Waals surface area contributed by atoms with Crippen LogP contribution in [0, 0.1) is 41.4 Å². The second-order valence-corrected chi connectivity index (χ2v) is 27.1. The molecule has 0 aromatic carbocycles. The van der Waals surface area contributed by atoms with Crippen molar-refractivity contribution in [2.75, 3.05) is 55.9 Å². The number of likely N-dealkylation sites (N-methyl/N-ethyl adjacent to an activating group) is 7. The molecule has 90 heavy (non-hydrogen) atoms. The number of rotatable bonds is 17. The molecule has 13 atom stereocenters. The van der Waals surface area contributed by atoms with Crippen molar-refractivity contribution >= 4 is 70.9 Å². The lowest BCUT2D eigenvalue weighted by Gasteiger charge is -2.41. The van der Waals surface area contributed by atoms with Gasteiger partial charge in [0.25, 0.3) is 0 Å². The molecule has 11 amide bonds. The van der Waals surface area contributed by atoms with Crippen LogP contribution in [0.2, 0.25) is 0 Å². The molecule has 1 aliphatic rings. The number of nitrogens with zero attached hydrogens (tertiary/aromatic N) is 7. The Morgan fingerprint density at radius 2 is 0.856 bits per heavy atom. The number of nitrogens with one attached hydrogen (secondary N) is 4. The highest BCUT2D eigenvalue weighted by atomic mass is 16.5. The van der Waals surface area contributed by atoms with Crippen LogP contribution in [-0.2, 0) is 62.3 Å². The van der Waals surface area contributed by atoms with Crippen molar-refractivity contribution in [2.24, 2.45) is 41.4 Å². The summed E-state index contributed by atoms with van der Waals surface area (Å²) in [6, 6.07) is -14.6. The van der Waals surface area contributed by atoms with E-state index >= 15 is 19.2 Å².